The number of carboxylic acid groups (broad SMARTS) is 1. The molecule has 0 bridgehead atoms. The van der Waals surface area contributed by atoms with E-state index in [1.807, 2.05) is 37.3 Å². The maximum Gasteiger partial charge on any atom is 0.342 e. The molecule has 0 aliphatic heterocycles. The summed E-state index contributed by atoms with van der Waals surface area (Å²) in [5, 5.41) is 17.1. The van der Waals surface area contributed by atoms with Crippen LogP contribution in [0.3, 0.4) is 0 Å². The van der Waals surface area contributed by atoms with E-state index in [0.29, 0.717) is 53.2 Å². The van der Waals surface area contributed by atoms with Gasteiger partial charge in [0.15, 0.2) is 17.3 Å². The van der Waals surface area contributed by atoms with Crippen LogP contribution in [0, 0.1) is 0 Å². The predicted molar refractivity (Wildman–Crippen MR) is 145 cm³/mol. The summed E-state index contributed by atoms with van der Waals surface area (Å²) in [5.41, 5.74) is 2.36. The van der Waals surface area contributed by atoms with Crippen molar-refractivity contribution in [2.24, 2.45) is 0 Å². The molecule has 9 nitrogen and oxygen atoms in total. The molecule has 0 radical (unpaired) electrons. The van der Waals surface area contributed by atoms with Crippen LogP contribution < -0.4 is 18.9 Å². The van der Waals surface area contributed by atoms with Crippen LogP contribution in [0.4, 0.5) is 0 Å². The van der Waals surface area contributed by atoms with Gasteiger partial charge in [-0.3, -0.25) is 5.10 Å². The molecule has 0 aliphatic rings. The number of nitrogens with zero attached hydrogens (tertiary/aromatic N) is 2. The van der Waals surface area contributed by atoms with E-state index in [-0.39, 0.29) is 10.1 Å². The second kappa shape index (κ2) is 12.7. The fraction of sp³-hybridized carbons (Fsp3) is 0.179. The monoisotopic (exact) mass is 533 g/mol. The largest absolute Gasteiger partial charge is 0.497 e. The number of benzene rings is 3. The Bertz CT molecular complexity index is 1400. The summed E-state index contributed by atoms with van der Waals surface area (Å²) in [5.74, 6) is 1.64. The fourth-order valence-corrected chi connectivity index (χ4v) is 4.19. The van der Waals surface area contributed by atoms with E-state index in [4.69, 9.17) is 18.9 Å². The van der Waals surface area contributed by atoms with Crippen molar-refractivity contribution in [3.8, 4) is 34.4 Å². The maximum absolute atomic E-state index is 12.0. The topological polar surface area (TPSA) is 116 Å². The van der Waals surface area contributed by atoms with Crippen LogP contribution >= 0.6 is 11.8 Å². The lowest BCUT2D eigenvalue weighted by Gasteiger charge is -2.13. The molecule has 0 fully saturated rings. The minimum absolute atomic E-state index is 0.0409. The summed E-state index contributed by atoms with van der Waals surface area (Å²) in [7, 11) is 3.12. The van der Waals surface area contributed by atoms with Crippen molar-refractivity contribution in [1.82, 2.24) is 15.2 Å². The normalized spacial score (nSPS) is 11.2. The van der Waals surface area contributed by atoms with E-state index >= 15 is 0 Å². The Hall–Kier alpha value is -4.44. The lowest BCUT2D eigenvalue weighted by atomic mass is 10.2. The summed E-state index contributed by atoms with van der Waals surface area (Å²) in [6.07, 6.45) is 1.54. The fourth-order valence-electron chi connectivity index (χ4n) is 3.49. The quantitative estimate of drug-likeness (QED) is 0.175. The van der Waals surface area contributed by atoms with Crippen LogP contribution in [-0.2, 0) is 11.4 Å². The molecule has 10 heteroatoms. The molecule has 0 unspecified atom stereocenters. The Kier molecular flexibility index (Phi) is 8.89. The highest BCUT2D eigenvalue weighted by Crippen LogP contribution is 2.33. The van der Waals surface area contributed by atoms with Crippen LogP contribution in [0.2, 0.25) is 0 Å². The van der Waals surface area contributed by atoms with E-state index in [1.165, 1.54) is 0 Å². The second-order valence-electron chi connectivity index (χ2n) is 7.90. The minimum Gasteiger partial charge on any atom is -0.497 e. The van der Waals surface area contributed by atoms with E-state index in [9.17, 15) is 9.90 Å². The number of hydrogen-bond donors (Lipinski definition) is 2. The van der Waals surface area contributed by atoms with Crippen molar-refractivity contribution in [3.05, 3.63) is 82.8 Å². The number of aromatic nitrogens is 3. The van der Waals surface area contributed by atoms with Gasteiger partial charge in [-0.2, -0.15) is 0 Å². The van der Waals surface area contributed by atoms with Gasteiger partial charge < -0.3 is 24.1 Å². The van der Waals surface area contributed by atoms with E-state index in [1.54, 1.807) is 56.7 Å². The average Bonchev–Trinajstić information content (AvgIpc) is 3.41. The molecule has 0 saturated heterocycles. The molecule has 4 rings (SSSR count). The van der Waals surface area contributed by atoms with Gasteiger partial charge in [0.1, 0.15) is 23.0 Å². The van der Waals surface area contributed by atoms with Gasteiger partial charge in [0.2, 0.25) is 5.16 Å². The Morgan fingerprint density at radius 2 is 1.71 bits per heavy atom. The van der Waals surface area contributed by atoms with Gasteiger partial charge in [-0.1, -0.05) is 36.4 Å². The summed E-state index contributed by atoms with van der Waals surface area (Å²) in [6.45, 7) is 2.70. The molecule has 0 saturated carbocycles. The molecule has 3 aromatic carbocycles. The van der Waals surface area contributed by atoms with Crippen LogP contribution in [0.1, 0.15) is 18.1 Å². The molecule has 0 amide bonds. The Morgan fingerprint density at radius 3 is 2.37 bits per heavy atom. The van der Waals surface area contributed by atoms with Gasteiger partial charge in [0.05, 0.1) is 20.8 Å². The number of carboxylic acids is 1. The lowest BCUT2D eigenvalue weighted by molar-refractivity contribution is -0.131. The molecule has 0 aliphatic carbocycles. The first-order chi connectivity index (χ1) is 18.5. The van der Waals surface area contributed by atoms with Crippen molar-refractivity contribution in [3.63, 3.8) is 0 Å². The molecule has 38 heavy (non-hydrogen) atoms. The lowest BCUT2D eigenvalue weighted by Crippen LogP contribution is -2.00. The number of rotatable bonds is 12. The minimum atomic E-state index is -1.10. The first kappa shape index (κ1) is 26.6. The van der Waals surface area contributed by atoms with Crippen molar-refractivity contribution >= 4 is 23.8 Å². The molecule has 1 aromatic heterocycles. The number of carbonyl (C=O) groups is 1. The van der Waals surface area contributed by atoms with Gasteiger partial charge in [-0.05, 0) is 60.2 Å². The molecular weight excluding hydrogens is 506 g/mol. The van der Waals surface area contributed by atoms with Crippen molar-refractivity contribution in [2.75, 3.05) is 20.8 Å². The summed E-state index contributed by atoms with van der Waals surface area (Å²) in [6, 6.07) is 20.4. The third-order valence-corrected chi connectivity index (χ3v) is 6.18. The molecular formula is C28H27N3O6S. The van der Waals surface area contributed by atoms with Crippen LogP contribution in [0.5, 0.6) is 23.0 Å². The third-order valence-electron chi connectivity index (χ3n) is 5.30. The summed E-state index contributed by atoms with van der Waals surface area (Å²) in [4.78, 5) is 16.5. The number of nitrogens with one attached hydrogen (secondary N) is 1. The second-order valence-corrected chi connectivity index (χ2v) is 8.91. The first-order valence-electron chi connectivity index (χ1n) is 11.7. The van der Waals surface area contributed by atoms with E-state index in [2.05, 4.69) is 15.2 Å². The zero-order valence-corrected chi connectivity index (χ0v) is 22.0. The van der Waals surface area contributed by atoms with Crippen molar-refractivity contribution in [2.45, 2.75) is 18.7 Å². The van der Waals surface area contributed by atoms with Crippen LogP contribution in [0.15, 0.2) is 76.8 Å². The van der Waals surface area contributed by atoms with Gasteiger partial charge in [-0.25, -0.2) is 9.78 Å². The van der Waals surface area contributed by atoms with Gasteiger partial charge in [0, 0.05) is 11.6 Å². The zero-order chi connectivity index (χ0) is 26.9. The highest BCUT2D eigenvalue weighted by Gasteiger charge is 2.16. The average molecular weight is 534 g/mol. The van der Waals surface area contributed by atoms with Gasteiger partial charge in [0.25, 0.3) is 0 Å². The number of aliphatic carboxylic acids is 1. The molecule has 196 valence electrons. The number of H-pyrrole nitrogens is 1. The zero-order valence-electron chi connectivity index (χ0n) is 21.1. The number of aromatic amines is 1. The number of hydrogen-bond acceptors (Lipinski definition) is 8. The van der Waals surface area contributed by atoms with Gasteiger partial charge >= 0.3 is 5.97 Å². The standard InChI is InChI=1S/C28H27N3O6S/c1-4-36-24-12-19(10-11-23(24)37-17-18-8-6-5-7-9-18)13-25(27(32)33)38-28-29-26(30-31-28)20-14-21(34-2)16-22(15-20)35-3/h5-16H,4,17H2,1-3H3,(H,32,33)(H,29,30,31)/b25-13-. The van der Waals surface area contributed by atoms with Crippen molar-refractivity contribution < 1.29 is 28.8 Å². The predicted octanol–water partition coefficient (Wildman–Crippen LogP) is 5.68. The van der Waals surface area contributed by atoms with Crippen LogP contribution in [-0.4, -0.2) is 47.1 Å². The molecule has 0 atom stereocenters. The molecule has 2 N–H and O–H groups in total. The maximum atomic E-state index is 12.0. The first-order valence-corrected chi connectivity index (χ1v) is 12.5. The molecule has 4 aromatic rings. The smallest absolute Gasteiger partial charge is 0.342 e. The van der Waals surface area contributed by atoms with Gasteiger partial charge in [-0.15, -0.1) is 5.10 Å². The van der Waals surface area contributed by atoms with E-state index in [0.717, 1.165) is 17.3 Å². The Balaban J connectivity index is 1.54. The summed E-state index contributed by atoms with van der Waals surface area (Å²) < 4.78 is 22.3. The SMILES string of the molecule is CCOc1cc(/C=C(\Sc2n[nH]c(-c3cc(OC)cc(OC)c3)n2)C(=O)O)ccc1OCc1ccccc1. The van der Waals surface area contributed by atoms with Crippen LogP contribution in [0.25, 0.3) is 17.5 Å². The highest BCUT2D eigenvalue weighted by atomic mass is 32.2. The molecule has 0 spiro atoms. The van der Waals surface area contributed by atoms with Crippen molar-refractivity contribution in [1.29, 1.82) is 0 Å². The third kappa shape index (κ3) is 6.86. The highest BCUT2D eigenvalue weighted by molar-refractivity contribution is 8.04. The number of ether oxygens (including phenoxy) is 4. The number of thioether (sulfide) groups is 1. The Morgan fingerprint density at radius 1 is 0.974 bits per heavy atom. The summed E-state index contributed by atoms with van der Waals surface area (Å²) >= 11 is 0.932. The van der Waals surface area contributed by atoms with E-state index < -0.39 is 5.97 Å². The number of methoxy groups -OCH3 is 2. The molecule has 1 heterocycles. The Labute approximate surface area is 224 Å².